The molecule has 0 saturated carbocycles. The number of hydrogen-bond donors (Lipinski definition) is 0. The zero-order chi connectivity index (χ0) is 24.9. The lowest BCUT2D eigenvalue weighted by molar-refractivity contribution is -0.146. The number of hydrogen-bond acceptors (Lipinski definition) is 6. The fourth-order valence-electron chi connectivity index (χ4n) is 4.39. The lowest BCUT2D eigenvalue weighted by Gasteiger charge is -2.38. The van der Waals surface area contributed by atoms with Crippen LogP contribution in [0.1, 0.15) is 38.6 Å². The van der Waals surface area contributed by atoms with E-state index in [1.165, 1.54) is 12.1 Å². The number of amides is 1. The molecule has 1 atom stereocenters. The molecule has 2 heterocycles. The maximum Gasteiger partial charge on any atom is 0.306 e. The Hall–Kier alpha value is -3.59. The van der Waals surface area contributed by atoms with Gasteiger partial charge in [0.15, 0.2) is 0 Å². The van der Waals surface area contributed by atoms with Gasteiger partial charge in [0.1, 0.15) is 11.6 Å². The van der Waals surface area contributed by atoms with Crippen molar-refractivity contribution in [1.29, 1.82) is 0 Å². The summed E-state index contributed by atoms with van der Waals surface area (Å²) in [7, 11) is 0. The quantitative estimate of drug-likeness (QED) is 0.484. The molecule has 1 unspecified atom stereocenters. The normalized spacial score (nSPS) is 15.2. The Morgan fingerprint density at radius 3 is 2.40 bits per heavy atom. The number of halogens is 1. The summed E-state index contributed by atoms with van der Waals surface area (Å²) in [4.78, 5) is 46.3. The monoisotopic (exact) mass is 480 g/mol. The molecule has 0 aliphatic carbocycles. The van der Waals surface area contributed by atoms with Gasteiger partial charge in [-0.1, -0.05) is 12.1 Å². The largest absolute Gasteiger partial charge is 0.466 e. The highest BCUT2D eigenvalue weighted by atomic mass is 19.1. The summed E-state index contributed by atoms with van der Waals surface area (Å²) in [6.07, 6.45) is 0.207. The Labute approximate surface area is 202 Å². The van der Waals surface area contributed by atoms with Gasteiger partial charge in [0.2, 0.25) is 5.91 Å². The van der Waals surface area contributed by atoms with Gasteiger partial charge in [-0.15, -0.1) is 0 Å². The summed E-state index contributed by atoms with van der Waals surface area (Å²) in [5, 5.41) is 0.491. The van der Waals surface area contributed by atoms with Gasteiger partial charge in [0.05, 0.1) is 35.7 Å². The Morgan fingerprint density at radius 1 is 1.03 bits per heavy atom. The maximum atomic E-state index is 13.6. The number of ether oxygens (including phenoxy) is 1. The lowest BCUT2D eigenvalue weighted by atomic mass is 10.1. The molecule has 0 radical (unpaired) electrons. The summed E-state index contributed by atoms with van der Waals surface area (Å²) < 4.78 is 20.0. The van der Waals surface area contributed by atoms with Crippen molar-refractivity contribution in [2.75, 3.05) is 32.8 Å². The third kappa shape index (κ3) is 5.40. The number of carbonyl (C=O) groups is 2. The minimum Gasteiger partial charge on any atom is -0.466 e. The number of benzene rings is 2. The fraction of sp³-hybridized carbons (Fsp3) is 0.385. The lowest BCUT2D eigenvalue weighted by Crippen LogP contribution is -2.50. The predicted octanol–water partition coefficient (Wildman–Crippen LogP) is 3.07. The summed E-state index contributed by atoms with van der Waals surface area (Å²) in [6, 6.07) is 12.7. The van der Waals surface area contributed by atoms with Crippen molar-refractivity contribution in [2.45, 2.75) is 32.7 Å². The molecular weight excluding hydrogens is 451 g/mol. The molecule has 8 nitrogen and oxygen atoms in total. The Balaban J connectivity index is 1.55. The van der Waals surface area contributed by atoms with Crippen molar-refractivity contribution >= 4 is 22.8 Å². The Kier molecular flexibility index (Phi) is 7.55. The van der Waals surface area contributed by atoms with Crippen molar-refractivity contribution < 1.29 is 18.7 Å². The number of piperazine rings is 1. The molecule has 1 saturated heterocycles. The topological polar surface area (TPSA) is 84.7 Å². The number of rotatable bonds is 7. The Bertz CT molecular complexity index is 1270. The van der Waals surface area contributed by atoms with Crippen molar-refractivity contribution in [3.8, 4) is 5.69 Å². The molecule has 1 fully saturated rings. The van der Waals surface area contributed by atoms with Crippen LogP contribution in [0.3, 0.4) is 0 Å². The van der Waals surface area contributed by atoms with Crippen LogP contribution in [0, 0.1) is 5.82 Å². The van der Waals surface area contributed by atoms with Gasteiger partial charge in [0.25, 0.3) is 5.56 Å². The van der Waals surface area contributed by atoms with Crippen molar-refractivity contribution in [3.05, 3.63) is 70.5 Å². The van der Waals surface area contributed by atoms with E-state index in [4.69, 9.17) is 9.72 Å². The van der Waals surface area contributed by atoms with E-state index in [9.17, 15) is 18.8 Å². The van der Waals surface area contributed by atoms with E-state index in [-0.39, 0.29) is 42.1 Å². The first-order chi connectivity index (χ1) is 16.9. The zero-order valence-corrected chi connectivity index (χ0v) is 19.9. The van der Waals surface area contributed by atoms with E-state index >= 15 is 0 Å². The van der Waals surface area contributed by atoms with Crippen LogP contribution in [0.2, 0.25) is 0 Å². The van der Waals surface area contributed by atoms with Gasteiger partial charge in [-0.25, -0.2) is 9.37 Å². The number of para-hydroxylation sites is 1. The number of nitrogens with zero attached hydrogens (tertiary/aromatic N) is 4. The predicted molar refractivity (Wildman–Crippen MR) is 130 cm³/mol. The van der Waals surface area contributed by atoms with Crippen LogP contribution in [0.25, 0.3) is 16.6 Å². The third-order valence-electron chi connectivity index (χ3n) is 6.32. The number of esters is 1. The first kappa shape index (κ1) is 24.5. The number of aromatic nitrogens is 2. The average Bonchev–Trinajstić information content (AvgIpc) is 2.88. The van der Waals surface area contributed by atoms with Crippen LogP contribution in [-0.4, -0.2) is 64.0 Å². The van der Waals surface area contributed by atoms with E-state index in [0.717, 1.165) is 0 Å². The fourth-order valence-corrected chi connectivity index (χ4v) is 4.39. The molecule has 1 aliphatic heterocycles. The van der Waals surface area contributed by atoms with Gasteiger partial charge in [-0.2, -0.15) is 0 Å². The van der Waals surface area contributed by atoms with Gasteiger partial charge in [-0.05, 0) is 50.2 Å². The van der Waals surface area contributed by atoms with Crippen LogP contribution in [0.5, 0.6) is 0 Å². The molecule has 1 aromatic heterocycles. The van der Waals surface area contributed by atoms with Crippen LogP contribution in [0.15, 0.2) is 53.3 Å². The molecular formula is C26H29FN4O4. The molecule has 35 heavy (non-hydrogen) atoms. The van der Waals surface area contributed by atoms with E-state index in [0.29, 0.717) is 55.2 Å². The molecule has 0 spiro atoms. The molecule has 1 aliphatic rings. The molecule has 2 aromatic carbocycles. The molecule has 4 rings (SSSR count). The first-order valence-electron chi connectivity index (χ1n) is 11.8. The molecule has 1 amide bonds. The molecule has 9 heteroatoms. The van der Waals surface area contributed by atoms with E-state index in [1.807, 2.05) is 19.1 Å². The standard InChI is InChI=1S/C26H29FN4O4/c1-3-35-24(33)13-12-23(32)30-16-14-29(15-17-30)18(2)25-28-22-7-5-4-6-21(22)26(34)31(25)20-10-8-19(27)9-11-20/h4-11,18H,3,12-17H2,1-2H3. The van der Waals surface area contributed by atoms with Crippen molar-refractivity contribution in [2.24, 2.45) is 0 Å². The second-order valence-electron chi connectivity index (χ2n) is 8.50. The van der Waals surface area contributed by atoms with Crippen LogP contribution >= 0.6 is 0 Å². The minimum atomic E-state index is -0.381. The van der Waals surface area contributed by atoms with E-state index in [1.54, 1.807) is 40.7 Å². The third-order valence-corrected chi connectivity index (χ3v) is 6.32. The van der Waals surface area contributed by atoms with Crippen LogP contribution in [-0.2, 0) is 14.3 Å². The van der Waals surface area contributed by atoms with Gasteiger partial charge >= 0.3 is 5.97 Å². The molecule has 0 bridgehead atoms. The maximum absolute atomic E-state index is 13.6. The summed E-state index contributed by atoms with van der Waals surface area (Å²) >= 11 is 0. The van der Waals surface area contributed by atoms with Crippen molar-refractivity contribution in [1.82, 2.24) is 19.4 Å². The summed E-state index contributed by atoms with van der Waals surface area (Å²) in [5.74, 6) is -0.261. The van der Waals surface area contributed by atoms with Crippen molar-refractivity contribution in [3.63, 3.8) is 0 Å². The van der Waals surface area contributed by atoms with Crippen LogP contribution < -0.4 is 5.56 Å². The SMILES string of the molecule is CCOC(=O)CCC(=O)N1CCN(C(C)c2nc3ccccc3c(=O)n2-c2ccc(F)cc2)CC1. The van der Waals surface area contributed by atoms with Crippen LogP contribution in [0.4, 0.5) is 4.39 Å². The average molecular weight is 481 g/mol. The smallest absolute Gasteiger partial charge is 0.306 e. The van der Waals surface area contributed by atoms with Gasteiger partial charge < -0.3 is 9.64 Å². The van der Waals surface area contributed by atoms with Gasteiger partial charge in [0, 0.05) is 32.6 Å². The van der Waals surface area contributed by atoms with Gasteiger partial charge in [-0.3, -0.25) is 23.9 Å². The number of carbonyl (C=O) groups excluding carboxylic acids is 2. The molecule has 3 aromatic rings. The summed E-state index contributed by atoms with van der Waals surface area (Å²) in [5.41, 5.74) is 0.937. The molecule has 0 N–H and O–H groups in total. The van der Waals surface area contributed by atoms with E-state index in [2.05, 4.69) is 4.90 Å². The zero-order valence-electron chi connectivity index (χ0n) is 19.9. The molecule has 184 valence electrons. The second kappa shape index (κ2) is 10.8. The van der Waals surface area contributed by atoms with E-state index < -0.39 is 0 Å². The second-order valence-corrected chi connectivity index (χ2v) is 8.50. The minimum absolute atomic E-state index is 0.0718. The summed E-state index contributed by atoms with van der Waals surface area (Å²) in [6.45, 7) is 6.24. The number of fused-ring (bicyclic) bond motifs is 1. The highest BCUT2D eigenvalue weighted by molar-refractivity contribution is 5.81. The first-order valence-corrected chi connectivity index (χ1v) is 11.8. The highest BCUT2D eigenvalue weighted by Gasteiger charge is 2.28. The Morgan fingerprint density at radius 2 is 1.71 bits per heavy atom. The highest BCUT2D eigenvalue weighted by Crippen LogP contribution is 2.24.